The summed E-state index contributed by atoms with van der Waals surface area (Å²) in [6.07, 6.45) is 1.38. The van der Waals surface area contributed by atoms with Crippen molar-refractivity contribution < 1.29 is 18.1 Å². The van der Waals surface area contributed by atoms with Gasteiger partial charge in [-0.3, -0.25) is 4.98 Å². The van der Waals surface area contributed by atoms with Gasteiger partial charge in [0.25, 0.3) is 0 Å². The summed E-state index contributed by atoms with van der Waals surface area (Å²) < 4.78 is 39.2. The van der Waals surface area contributed by atoms with Gasteiger partial charge in [0.05, 0.1) is 40.0 Å². The van der Waals surface area contributed by atoms with E-state index in [0.29, 0.717) is 6.04 Å². The van der Waals surface area contributed by atoms with Gasteiger partial charge in [0.1, 0.15) is 11.9 Å². The van der Waals surface area contributed by atoms with Crippen LogP contribution < -0.4 is 10.2 Å². The molecule has 0 saturated carbocycles. The largest absolute Gasteiger partial charge is 0.363 e. The van der Waals surface area contributed by atoms with Crippen LogP contribution in [0.2, 0.25) is 0 Å². The first kappa shape index (κ1) is 19.1. The van der Waals surface area contributed by atoms with E-state index in [9.17, 15) is 12.8 Å². The molecular weight excluding hydrogens is 401 g/mol. The molecule has 2 aromatic carbocycles. The molecule has 0 aliphatic carbocycles. The van der Waals surface area contributed by atoms with Crippen LogP contribution in [0.5, 0.6) is 0 Å². The normalized spacial score (nSPS) is 21.1. The number of para-hydroxylation sites is 1. The number of fused-ring (bicyclic) bond motifs is 2. The van der Waals surface area contributed by atoms with Crippen molar-refractivity contribution in [2.75, 3.05) is 24.5 Å². The quantitative estimate of drug-likeness (QED) is 0.704. The smallest absolute Gasteiger partial charge is 0.208 e. The Balaban J connectivity index is 0.00000192. The molecule has 1 aromatic heterocycles. The van der Waals surface area contributed by atoms with Crippen LogP contribution in [0, 0.1) is 11.7 Å². The predicted octanol–water partition coefficient (Wildman–Crippen LogP) is 2.01. The van der Waals surface area contributed by atoms with Crippen molar-refractivity contribution >= 4 is 38.8 Å². The molecule has 3 heterocycles. The Labute approximate surface area is 168 Å². The van der Waals surface area contributed by atoms with Crippen molar-refractivity contribution in [2.45, 2.75) is 15.8 Å². The molecule has 0 amide bonds. The van der Waals surface area contributed by atoms with Gasteiger partial charge < -0.3 is 10.2 Å². The van der Waals surface area contributed by atoms with Gasteiger partial charge in [-0.1, -0.05) is 18.2 Å². The molecule has 8 heteroatoms. The lowest BCUT2D eigenvalue weighted by Crippen LogP contribution is -3.02. The molecule has 2 fully saturated rings. The summed E-state index contributed by atoms with van der Waals surface area (Å²) in [6.45, 7) is 3.19. The number of anilines is 1. The highest BCUT2D eigenvalue weighted by Gasteiger charge is 2.44. The summed E-state index contributed by atoms with van der Waals surface area (Å²) in [4.78, 5) is 6.84. The van der Waals surface area contributed by atoms with E-state index in [1.165, 1.54) is 30.9 Å². The van der Waals surface area contributed by atoms with Crippen molar-refractivity contribution in [1.82, 2.24) is 4.98 Å². The molecule has 28 heavy (non-hydrogen) atoms. The van der Waals surface area contributed by atoms with Gasteiger partial charge in [-0.05, 0) is 30.3 Å². The minimum absolute atomic E-state index is 0. The molecule has 2 N–H and O–H groups in total. The molecule has 146 valence electrons. The van der Waals surface area contributed by atoms with E-state index in [4.69, 9.17) is 0 Å². The molecule has 0 spiro atoms. The predicted molar refractivity (Wildman–Crippen MR) is 107 cm³/mol. The van der Waals surface area contributed by atoms with Gasteiger partial charge in [0, 0.05) is 18.1 Å². The number of benzene rings is 2. The molecule has 5 nitrogen and oxygen atoms in total. The van der Waals surface area contributed by atoms with E-state index in [1.54, 1.807) is 6.07 Å². The number of aromatic nitrogens is 1. The Bertz CT molecular complexity index is 1140. The van der Waals surface area contributed by atoms with Gasteiger partial charge in [-0.2, -0.15) is 0 Å². The van der Waals surface area contributed by atoms with Gasteiger partial charge in [0.15, 0.2) is 0 Å². The average molecular weight is 421 g/mol. The van der Waals surface area contributed by atoms with Crippen molar-refractivity contribution in [2.24, 2.45) is 5.92 Å². The third-order valence-corrected chi connectivity index (χ3v) is 7.37. The van der Waals surface area contributed by atoms with Crippen LogP contribution in [0.25, 0.3) is 10.9 Å². The first-order valence-corrected chi connectivity index (χ1v) is 10.5. The van der Waals surface area contributed by atoms with Gasteiger partial charge in [-0.25, -0.2) is 12.8 Å². The van der Waals surface area contributed by atoms with Crippen LogP contribution in [0.1, 0.15) is 0 Å². The van der Waals surface area contributed by atoms with Crippen molar-refractivity contribution in [3.8, 4) is 0 Å². The van der Waals surface area contributed by atoms with Crippen LogP contribution in [-0.4, -0.2) is 39.1 Å². The Kier molecular flexibility index (Phi) is 4.77. The van der Waals surface area contributed by atoms with Gasteiger partial charge in [0.2, 0.25) is 9.84 Å². The molecule has 0 unspecified atom stereocenters. The fraction of sp³-hybridized carbons (Fsp3) is 0.250. The third kappa shape index (κ3) is 3.03. The fourth-order valence-electron chi connectivity index (χ4n) is 4.06. The molecule has 0 radical (unpaired) electrons. The van der Waals surface area contributed by atoms with Crippen LogP contribution >= 0.6 is 12.4 Å². The van der Waals surface area contributed by atoms with Crippen LogP contribution in [-0.2, 0) is 9.84 Å². The lowest BCUT2D eigenvalue weighted by atomic mass is 9.96. The van der Waals surface area contributed by atoms with Crippen molar-refractivity contribution in [3.63, 3.8) is 0 Å². The highest BCUT2D eigenvalue weighted by Crippen LogP contribution is 2.32. The second kappa shape index (κ2) is 6.99. The van der Waals surface area contributed by atoms with Gasteiger partial charge in [-0.15, -0.1) is 12.4 Å². The summed E-state index contributed by atoms with van der Waals surface area (Å²) in [6, 6.07) is 13.2. The second-order valence-corrected chi connectivity index (χ2v) is 9.23. The molecule has 2 aliphatic heterocycles. The number of sulfone groups is 1. The SMILES string of the molecule is Cl.O=S(=O)(c1cccc(F)c1)c1cnc2c(N3C[C@@H]4C[NH2+][C@@H]4C3)cccc2c1. The maximum Gasteiger partial charge on any atom is 0.208 e. The minimum Gasteiger partial charge on any atom is -0.363 e. The highest BCUT2D eigenvalue weighted by atomic mass is 35.5. The average Bonchev–Trinajstić information content (AvgIpc) is 2.95. The summed E-state index contributed by atoms with van der Waals surface area (Å²) >= 11 is 0. The number of pyridine rings is 1. The number of rotatable bonds is 3. The standard InChI is InChI=1S/C20H18FN3O2S.ClH/c21-15-4-2-5-16(8-15)27(25,26)17-7-13-3-1-6-19(20(13)23-10-17)24-11-14-9-22-18(14)12-24;/h1-8,10,14,18,22H,9,11-12H2;1H/p+1/t14-,18+;/m0./s1. The molecule has 0 bridgehead atoms. The summed E-state index contributed by atoms with van der Waals surface area (Å²) in [7, 11) is -3.81. The van der Waals surface area contributed by atoms with Crippen molar-refractivity contribution in [3.05, 3.63) is 60.5 Å². The molecule has 2 atom stereocenters. The van der Waals surface area contributed by atoms with E-state index in [0.717, 1.165) is 41.7 Å². The molecule has 5 rings (SSSR count). The summed E-state index contributed by atoms with van der Waals surface area (Å²) in [5.74, 6) is 0.153. The first-order chi connectivity index (χ1) is 13.0. The van der Waals surface area contributed by atoms with Crippen LogP contribution in [0.3, 0.4) is 0 Å². The van der Waals surface area contributed by atoms with Gasteiger partial charge >= 0.3 is 0 Å². The molecule has 2 saturated heterocycles. The maximum absolute atomic E-state index is 13.5. The Morgan fingerprint density at radius 1 is 1.07 bits per heavy atom. The fourth-order valence-corrected chi connectivity index (χ4v) is 5.33. The number of hydrogen-bond donors (Lipinski definition) is 1. The van der Waals surface area contributed by atoms with E-state index < -0.39 is 15.7 Å². The minimum atomic E-state index is -3.81. The first-order valence-electron chi connectivity index (χ1n) is 9.00. The lowest BCUT2D eigenvalue weighted by Gasteiger charge is -2.24. The summed E-state index contributed by atoms with van der Waals surface area (Å²) in [5.41, 5.74) is 1.85. The summed E-state index contributed by atoms with van der Waals surface area (Å²) in [5, 5.41) is 3.14. The van der Waals surface area contributed by atoms with Crippen LogP contribution in [0.15, 0.2) is 64.5 Å². The molecule has 2 aliphatic rings. The molecule has 3 aromatic rings. The van der Waals surface area contributed by atoms with E-state index >= 15 is 0 Å². The number of nitrogens with two attached hydrogens (primary N) is 1. The number of halogens is 2. The number of hydrogen-bond acceptors (Lipinski definition) is 4. The monoisotopic (exact) mass is 420 g/mol. The van der Waals surface area contributed by atoms with Crippen LogP contribution in [0.4, 0.5) is 10.1 Å². The Morgan fingerprint density at radius 3 is 2.57 bits per heavy atom. The van der Waals surface area contributed by atoms with E-state index in [1.807, 2.05) is 18.2 Å². The topological polar surface area (TPSA) is 66.9 Å². The zero-order valence-electron chi connectivity index (χ0n) is 15.0. The number of quaternary nitrogens is 1. The Hall–Kier alpha value is -2.22. The second-order valence-electron chi connectivity index (χ2n) is 7.28. The lowest BCUT2D eigenvalue weighted by molar-refractivity contribution is -0.753. The third-order valence-electron chi connectivity index (χ3n) is 5.66. The van der Waals surface area contributed by atoms with E-state index in [-0.39, 0.29) is 22.2 Å². The zero-order chi connectivity index (χ0) is 18.6. The van der Waals surface area contributed by atoms with E-state index in [2.05, 4.69) is 15.2 Å². The Morgan fingerprint density at radius 2 is 1.89 bits per heavy atom. The van der Waals surface area contributed by atoms with Crippen molar-refractivity contribution in [1.29, 1.82) is 0 Å². The highest BCUT2D eigenvalue weighted by molar-refractivity contribution is 7.91. The molecular formula is C20H20ClFN3O2S+. The maximum atomic E-state index is 13.5. The zero-order valence-corrected chi connectivity index (χ0v) is 16.6. The number of nitrogens with zero attached hydrogens (tertiary/aromatic N) is 2.